The molecule has 0 aliphatic heterocycles. The van der Waals surface area contributed by atoms with E-state index < -0.39 is 0 Å². The fourth-order valence-electron chi connectivity index (χ4n) is 1.78. The summed E-state index contributed by atoms with van der Waals surface area (Å²) in [5, 5.41) is 6.68. The Balaban J connectivity index is 1.63. The van der Waals surface area contributed by atoms with Crippen molar-refractivity contribution in [2.24, 2.45) is 0 Å². The Morgan fingerprint density at radius 3 is 2.86 bits per heavy atom. The number of urea groups is 1. The van der Waals surface area contributed by atoms with Crippen LogP contribution in [-0.2, 0) is 6.54 Å². The molecule has 3 rings (SSSR count). The van der Waals surface area contributed by atoms with Crippen molar-refractivity contribution in [2.45, 2.75) is 6.54 Å². The number of rotatable bonds is 3. The first kappa shape index (κ1) is 13.8. The van der Waals surface area contributed by atoms with E-state index in [1.165, 1.54) is 11.3 Å². The van der Waals surface area contributed by atoms with Crippen LogP contribution in [-0.4, -0.2) is 16.0 Å². The summed E-state index contributed by atoms with van der Waals surface area (Å²) >= 11 is 7.31. The molecule has 21 heavy (non-hydrogen) atoms. The second-order valence-electron chi connectivity index (χ2n) is 4.29. The molecule has 2 N–H and O–H groups in total. The van der Waals surface area contributed by atoms with Crippen LogP contribution in [0.15, 0.2) is 42.7 Å². The van der Waals surface area contributed by atoms with Gasteiger partial charge in [-0.3, -0.25) is 10.3 Å². The summed E-state index contributed by atoms with van der Waals surface area (Å²) < 4.78 is 0.937. The third-order valence-electron chi connectivity index (χ3n) is 2.77. The number of pyridine rings is 1. The Kier molecular flexibility index (Phi) is 3.98. The van der Waals surface area contributed by atoms with E-state index in [1.54, 1.807) is 18.5 Å². The lowest BCUT2D eigenvalue weighted by Gasteiger charge is -2.04. The molecular formula is C14H11ClN4OS. The Hall–Kier alpha value is -2.18. The van der Waals surface area contributed by atoms with Gasteiger partial charge in [0.1, 0.15) is 0 Å². The second kappa shape index (κ2) is 6.07. The second-order valence-corrected chi connectivity index (χ2v) is 5.76. The van der Waals surface area contributed by atoms with Gasteiger partial charge in [-0.05, 0) is 35.9 Å². The number of carbonyl (C=O) groups is 1. The number of carbonyl (C=O) groups excluding carboxylic acids is 1. The SMILES string of the molecule is O=C(NCc1ccncc1)Nc1nc2ccc(Cl)cc2s1. The lowest BCUT2D eigenvalue weighted by Crippen LogP contribution is -2.28. The van der Waals surface area contributed by atoms with E-state index in [1.807, 2.05) is 24.3 Å². The van der Waals surface area contributed by atoms with Crippen LogP contribution in [0.25, 0.3) is 10.2 Å². The number of hydrogen-bond acceptors (Lipinski definition) is 4. The van der Waals surface area contributed by atoms with E-state index in [9.17, 15) is 4.79 Å². The molecule has 0 bridgehead atoms. The van der Waals surface area contributed by atoms with Crippen LogP contribution in [0, 0.1) is 0 Å². The number of anilines is 1. The van der Waals surface area contributed by atoms with E-state index in [4.69, 9.17) is 11.6 Å². The highest BCUT2D eigenvalue weighted by molar-refractivity contribution is 7.22. The first-order chi connectivity index (χ1) is 10.2. The predicted molar refractivity (Wildman–Crippen MR) is 84.7 cm³/mol. The Morgan fingerprint density at radius 2 is 2.05 bits per heavy atom. The average molecular weight is 319 g/mol. The standard InChI is InChI=1S/C14H11ClN4OS/c15-10-1-2-11-12(7-10)21-14(18-11)19-13(20)17-8-9-3-5-16-6-4-9/h1-7H,8H2,(H2,17,18,19,20). The van der Waals surface area contributed by atoms with E-state index in [2.05, 4.69) is 20.6 Å². The minimum atomic E-state index is -0.294. The van der Waals surface area contributed by atoms with Gasteiger partial charge < -0.3 is 5.32 Å². The zero-order valence-electron chi connectivity index (χ0n) is 10.8. The summed E-state index contributed by atoms with van der Waals surface area (Å²) in [7, 11) is 0. The molecule has 0 spiro atoms. The molecule has 0 saturated heterocycles. The van der Waals surface area contributed by atoms with Crippen LogP contribution in [0.5, 0.6) is 0 Å². The van der Waals surface area contributed by atoms with Crippen LogP contribution in [0.4, 0.5) is 9.93 Å². The van der Waals surface area contributed by atoms with Crippen molar-refractivity contribution < 1.29 is 4.79 Å². The molecule has 0 aliphatic carbocycles. The molecule has 0 aliphatic rings. The van der Waals surface area contributed by atoms with Crippen molar-refractivity contribution in [1.82, 2.24) is 15.3 Å². The number of nitrogens with one attached hydrogen (secondary N) is 2. The van der Waals surface area contributed by atoms with Crippen molar-refractivity contribution in [3.63, 3.8) is 0 Å². The largest absolute Gasteiger partial charge is 0.334 e. The first-order valence-electron chi connectivity index (χ1n) is 6.20. The minimum Gasteiger partial charge on any atom is -0.334 e. The van der Waals surface area contributed by atoms with Gasteiger partial charge in [-0.2, -0.15) is 0 Å². The fourth-order valence-corrected chi connectivity index (χ4v) is 2.91. The lowest BCUT2D eigenvalue weighted by atomic mass is 10.3. The van der Waals surface area contributed by atoms with Crippen LogP contribution in [0.2, 0.25) is 5.02 Å². The molecule has 7 heteroatoms. The summed E-state index contributed by atoms with van der Waals surface area (Å²) in [6, 6.07) is 8.83. The van der Waals surface area contributed by atoms with Crippen LogP contribution in [0.1, 0.15) is 5.56 Å². The maximum absolute atomic E-state index is 11.8. The lowest BCUT2D eigenvalue weighted by molar-refractivity contribution is 0.251. The molecule has 2 aromatic heterocycles. The van der Waals surface area contributed by atoms with Crippen LogP contribution >= 0.6 is 22.9 Å². The number of fused-ring (bicyclic) bond motifs is 1. The Bertz CT molecular complexity index is 775. The van der Waals surface area contributed by atoms with Crippen LogP contribution < -0.4 is 10.6 Å². The molecular weight excluding hydrogens is 308 g/mol. The first-order valence-corrected chi connectivity index (χ1v) is 7.40. The maximum Gasteiger partial charge on any atom is 0.321 e. The quantitative estimate of drug-likeness (QED) is 0.774. The van der Waals surface area contributed by atoms with Crippen molar-refractivity contribution in [3.05, 3.63) is 53.3 Å². The smallest absolute Gasteiger partial charge is 0.321 e. The predicted octanol–water partition coefficient (Wildman–Crippen LogP) is 3.67. The van der Waals surface area contributed by atoms with E-state index in [0.717, 1.165) is 15.8 Å². The summed E-state index contributed by atoms with van der Waals surface area (Å²) in [5.41, 5.74) is 1.80. The number of amides is 2. The van der Waals surface area contributed by atoms with Gasteiger partial charge in [-0.1, -0.05) is 22.9 Å². The Labute approximate surface area is 130 Å². The van der Waals surface area contributed by atoms with Crippen molar-refractivity contribution >= 4 is 44.3 Å². The molecule has 1 aromatic carbocycles. The highest BCUT2D eigenvalue weighted by Crippen LogP contribution is 2.28. The number of halogens is 1. The number of nitrogens with zero attached hydrogens (tertiary/aromatic N) is 2. The van der Waals surface area contributed by atoms with Gasteiger partial charge in [0, 0.05) is 24.0 Å². The third-order valence-corrected chi connectivity index (χ3v) is 3.94. The number of aromatic nitrogens is 2. The number of thiazole rings is 1. The molecule has 0 radical (unpaired) electrons. The third kappa shape index (κ3) is 3.48. The number of benzene rings is 1. The average Bonchev–Trinajstić information content (AvgIpc) is 2.87. The summed E-state index contributed by atoms with van der Waals surface area (Å²) in [4.78, 5) is 20.1. The summed E-state index contributed by atoms with van der Waals surface area (Å²) in [6.07, 6.45) is 3.37. The summed E-state index contributed by atoms with van der Waals surface area (Å²) in [6.45, 7) is 0.436. The monoisotopic (exact) mass is 318 g/mol. The van der Waals surface area contributed by atoms with Crippen LogP contribution in [0.3, 0.4) is 0 Å². The van der Waals surface area contributed by atoms with Crippen molar-refractivity contribution in [2.75, 3.05) is 5.32 Å². The normalized spacial score (nSPS) is 10.5. The highest BCUT2D eigenvalue weighted by atomic mass is 35.5. The van der Waals surface area contributed by atoms with E-state index in [0.29, 0.717) is 16.7 Å². The van der Waals surface area contributed by atoms with Gasteiger partial charge >= 0.3 is 6.03 Å². The molecule has 0 saturated carbocycles. The number of hydrogen-bond donors (Lipinski definition) is 2. The molecule has 106 valence electrons. The van der Waals surface area contributed by atoms with Crippen molar-refractivity contribution in [1.29, 1.82) is 0 Å². The molecule has 5 nitrogen and oxygen atoms in total. The minimum absolute atomic E-state index is 0.294. The zero-order chi connectivity index (χ0) is 14.7. The van der Waals surface area contributed by atoms with Gasteiger partial charge in [-0.25, -0.2) is 9.78 Å². The van der Waals surface area contributed by atoms with E-state index >= 15 is 0 Å². The summed E-state index contributed by atoms with van der Waals surface area (Å²) in [5.74, 6) is 0. The maximum atomic E-state index is 11.8. The van der Waals surface area contributed by atoms with Gasteiger partial charge in [-0.15, -0.1) is 0 Å². The molecule has 0 unspecified atom stereocenters. The molecule has 0 atom stereocenters. The van der Waals surface area contributed by atoms with Gasteiger partial charge in [0.15, 0.2) is 5.13 Å². The highest BCUT2D eigenvalue weighted by Gasteiger charge is 2.07. The van der Waals surface area contributed by atoms with Gasteiger partial charge in [0.25, 0.3) is 0 Å². The molecule has 0 fully saturated rings. The zero-order valence-corrected chi connectivity index (χ0v) is 12.4. The molecule has 3 aromatic rings. The fraction of sp³-hybridized carbons (Fsp3) is 0.0714. The van der Waals surface area contributed by atoms with Gasteiger partial charge in [0.05, 0.1) is 10.2 Å². The van der Waals surface area contributed by atoms with E-state index in [-0.39, 0.29) is 6.03 Å². The molecule has 2 heterocycles. The van der Waals surface area contributed by atoms with Crippen molar-refractivity contribution in [3.8, 4) is 0 Å². The van der Waals surface area contributed by atoms with Gasteiger partial charge in [0.2, 0.25) is 0 Å². The molecule has 2 amide bonds. The topological polar surface area (TPSA) is 66.9 Å². The Morgan fingerprint density at radius 1 is 1.24 bits per heavy atom.